The smallest absolute Gasteiger partial charge is 0.274 e. The van der Waals surface area contributed by atoms with Crippen LogP contribution in [0.4, 0.5) is 0 Å². The first-order valence-corrected chi connectivity index (χ1v) is 8.42. The number of nitrogens with one attached hydrogen (secondary N) is 1. The number of carbonyl (C=O) groups excluding carboxylic acids is 1. The van der Waals surface area contributed by atoms with E-state index in [4.69, 9.17) is 4.52 Å². The molecule has 0 aliphatic heterocycles. The molecule has 1 amide bonds. The highest BCUT2D eigenvalue weighted by atomic mass is 16.5. The van der Waals surface area contributed by atoms with E-state index in [0.717, 1.165) is 17.7 Å². The minimum atomic E-state index is -0.0370. The van der Waals surface area contributed by atoms with Crippen LogP contribution in [0.3, 0.4) is 0 Å². The van der Waals surface area contributed by atoms with Crippen molar-refractivity contribution in [1.29, 1.82) is 0 Å². The average molecular weight is 338 g/mol. The highest BCUT2D eigenvalue weighted by Crippen LogP contribution is 2.23. The van der Waals surface area contributed by atoms with Gasteiger partial charge >= 0.3 is 0 Å². The summed E-state index contributed by atoms with van der Waals surface area (Å²) in [7, 11) is 0. The van der Waals surface area contributed by atoms with E-state index in [-0.39, 0.29) is 18.5 Å². The van der Waals surface area contributed by atoms with Crippen LogP contribution < -0.4 is 5.32 Å². The molecule has 6 nitrogen and oxygen atoms in total. The van der Waals surface area contributed by atoms with Crippen molar-refractivity contribution < 1.29 is 9.32 Å². The van der Waals surface area contributed by atoms with Gasteiger partial charge in [-0.2, -0.15) is 4.98 Å². The Morgan fingerprint density at radius 2 is 2.04 bits per heavy atom. The molecule has 0 bridgehead atoms. The van der Waals surface area contributed by atoms with Crippen LogP contribution in [-0.4, -0.2) is 26.7 Å². The highest BCUT2D eigenvalue weighted by Gasteiger charge is 2.16. The minimum Gasteiger partial charge on any atom is -0.352 e. The van der Waals surface area contributed by atoms with Gasteiger partial charge < -0.3 is 14.4 Å². The molecule has 0 aliphatic carbocycles. The topological polar surface area (TPSA) is 73.0 Å². The first-order valence-electron chi connectivity index (χ1n) is 8.42. The summed E-state index contributed by atoms with van der Waals surface area (Å²) in [6.07, 6.45) is 2.73. The van der Waals surface area contributed by atoms with Crippen LogP contribution in [-0.2, 0) is 11.3 Å². The van der Waals surface area contributed by atoms with Crippen LogP contribution in [0.15, 0.2) is 47.1 Å². The number of aryl methyl sites for hydroxylation is 1. The summed E-state index contributed by atoms with van der Waals surface area (Å²) in [5.74, 6) is 0.897. The number of nitrogens with zero attached hydrogens (tertiary/aromatic N) is 3. The van der Waals surface area contributed by atoms with Crippen LogP contribution in [0.5, 0.6) is 0 Å². The summed E-state index contributed by atoms with van der Waals surface area (Å²) >= 11 is 0. The predicted octanol–water partition coefficient (Wildman–Crippen LogP) is 3.43. The van der Waals surface area contributed by atoms with Crippen LogP contribution in [0.2, 0.25) is 0 Å². The molecular formula is C19H22N4O2. The van der Waals surface area contributed by atoms with Crippen molar-refractivity contribution in [2.75, 3.05) is 0 Å². The molecule has 0 aliphatic rings. The van der Waals surface area contributed by atoms with Gasteiger partial charge in [0.1, 0.15) is 12.2 Å². The van der Waals surface area contributed by atoms with Crippen LogP contribution in [0.1, 0.15) is 25.8 Å². The first-order chi connectivity index (χ1) is 12.1. The number of hydrogen-bond donors (Lipinski definition) is 1. The van der Waals surface area contributed by atoms with Crippen molar-refractivity contribution in [2.45, 2.75) is 39.8 Å². The van der Waals surface area contributed by atoms with Crippen LogP contribution in [0.25, 0.3) is 23.0 Å². The third-order valence-corrected chi connectivity index (χ3v) is 4.12. The standard InChI is InChI=1S/C19H22N4O2/c1-4-14(3)20-17(24)12-23-11-5-6-16(23)19-21-18(22-25-19)15-9-7-13(2)8-10-15/h5-11,14H,4,12H2,1-3H3,(H,20,24). The lowest BCUT2D eigenvalue weighted by Crippen LogP contribution is -2.34. The summed E-state index contributed by atoms with van der Waals surface area (Å²) in [6.45, 7) is 6.27. The van der Waals surface area contributed by atoms with Crippen molar-refractivity contribution in [3.05, 3.63) is 48.2 Å². The van der Waals surface area contributed by atoms with Gasteiger partial charge in [-0.3, -0.25) is 4.79 Å². The zero-order chi connectivity index (χ0) is 17.8. The second-order valence-electron chi connectivity index (χ2n) is 6.19. The lowest BCUT2D eigenvalue weighted by molar-refractivity contribution is -0.122. The molecule has 2 heterocycles. The van der Waals surface area contributed by atoms with Gasteiger partial charge in [0.25, 0.3) is 5.89 Å². The Labute approximate surface area is 146 Å². The normalized spacial score (nSPS) is 12.1. The molecule has 6 heteroatoms. The molecule has 0 spiro atoms. The number of amides is 1. The second kappa shape index (κ2) is 7.34. The monoisotopic (exact) mass is 338 g/mol. The summed E-state index contributed by atoms with van der Waals surface area (Å²) < 4.78 is 7.21. The Balaban J connectivity index is 1.78. The number of aromatic nitrogens is 3. The fourth-order valence-electron chi connectivity index (χ4n) is 2.47. The SMILES string of the molecule is CCC(C)NC(=O)Cn1cccc1-c1nc(-c2ccc(C)cc2)no1. The molecule has 25 heavy (non-hydrogen) atoms. The van der Waals surface area contributed by atoms with Crippen LogP contribution in [0, 0.1) is 6.92 Å². The molecule has 0 saturated heterocycles. The van der Waals surface area contributed by atoms with E-state index < -0.39 is 0 Å². The van der Waals surface area contributed by atoms with Gasteiger partial charge in [-0.1, -0.05) is 41.9 Å². The molecule has 2 aromatic heterocycles. The van der Waals surface area contributed by atoms with E-state index in [1.54, 1.807) is 0 Å². The molecule has 0 saturated carbocycles. The molecule has 0 fully saturated rings. The number of carbonyl (C=O) groups is 1. The molecule has 3 rings (SSSR count). The largest absolute Gasteiger partial charge is 0.352 e. The van der Waals surface area contributed by atoms with E-state index in [9.17, 15) is 4.79 Å². The Kier molecular flexibility index (Phi) is 4.97. The molecule has 1 aromatic carbocycles. The maximum absolute atomic E-state index is 12.1. The average Bonchev–Trinajstić information content (AvgIpc) is 3.24. The Morgan fingerprint density at radius 1 is 1.28 bits per heavy atom. The highest BCUT2D eigenvalue weighted by molar-refractivity contribution is 5.76. The van der Waals surface area contributed by atoms with E-state index in [1.165, 1.54) is 5.56 Å². The Bertz CT molecular complexity index is 848. The second-order valence-corrected chi connectivity index (χ2v) is 6.19. The van der Waals surface area contributed by atoms with E-state index in [0.29, 0.717) is 11.7 Å². The zero-order valence-corrected chi connectivity index (χ0v) is 14.7. The van der Waals surface area contributed by atoms with Crippen molar-refractivity contribution in [3.63, 3.8) is 0 Å². The quantitative estimate of drug-likeness (QED) is 0.747. The van der Waals surface area contributed by atoms with E-state index >= 15 is 0 Å². The van der Waals surface area contributed by atoms with Gasteiger partial charge in [0.2, 0.25) is 11.7 Å². The lowest BCUT2D eigenvalue weighted by atomic mass is 10.1. The Hall–Kier alpha value is -2.89. The molecule has 1 unspecified atom stereocenters. The summed E-state index contributed by atoms with van der Waals surface area (Å²) in [5, 5.41) is 7.01. The number of rotatable bonds is 6. The molecule has 3 aromatic rings. The Morgan fingerprint density at radius 3 is 2.76 bits per heavy atom. The van der Waals surface area contributed by atoms with Crippen molar-refractivity contribution in [3.8, 4) is 23.0 Å². The van der Waals surface area contributed by atoms with Crippen molar-refractivity contribution in [2.24, 2.45) is 0 Å². The fourth-order valence-corrected chi connectivity index (χ4v) is 2.47. The maximum Gasteiger partial charge on any atom is 0.274 e. The molecule has 1 N–H and O–H groups in total. The zero-order valence-electron chi connectivity index (χ0n) is 14.7. The van der Waals surface area contributed by atoms with Crippen LogP contribution >= 0.6 is 0 Å². The van der Waals surface area contributed by atoms with Gasteiger partial charge in [-0.25, -0.2) is 0 Å². The predicted molar refractivity (Wildman–Crippen MR) is 95.8 cm³/mol. The van der Waals surface area contributed by atoms with Crippen molar-refractivity contribution >= 4 is 5.91 Å². The minimum absolute atomic E-state index is 0.0370. The van der Waals surface area contributed by atoms with Gasteiger partial charge in [0, 0.05) is 17.8 Å². The molecular weight excluding hydrogens is 316 g/mol. The summed E-state index contributed by atoms with van der Waals surface area (Å²) in [5.41, 5.74) is 2.80. The number of hydrogen-bond acceptors (Lipinski definition) is 4. The third-order valence-electron chi connectivity index (χ3n) is 4.12. The third kappa shape index (κ3) is 3.96. The summed E-state index contributed by atoms with van der Waals surface area (Å²) in [4.78, 5) is 16.6. The molecule has 0 radical (unpaired) electrons. The van der Waals surface area contributed by atoms with Gasteiger partial charge in [-0.05, 0) is 32.4 Å². The van der Waals surface area contributed by atoms with Gasteiger partial charge in [-0.15, -0.1) is 0 Å². The first kappa shape index (κ1) is 17.0. The maximum atomic E-state index is 12.1. The molecule has 130 valence electrons. The van der Waals surface area contributed by atoms with Gasteiger partial charge in [0.05, 0.1) is 0 Å². The molecule has 1 atom stereocenters. The van der Waals surface area contributed by atoms with E-state index in [2.05, 4.69) is 15.5 Å². The van der Waals surface area contributed by atoms with Crippen molar-refractivity contribution in [1.82, 2.24) is 20.0 Å². The van der Waals surface area contributed by atoms with Gasteiger partial charge in [0.15, 0.2) is 0 Å². The number of benzene rings is 1. The van der Waals surface area contributed by atoms with E-state index in [1.807, 2.05) is 67.9 Å². The lowest BCUT2D eigenvalue weighted by Gasteiger charge is -2.12. The summed E-state index contributed by atoms with van der Waals surface area (Å²) in [6, 6.07) is 11.8. The fraction of sp³-hybridized carbons (Fsp3) is 0.316.